The second-order valence-corrected chi connectivity index (χ2v) is 5.15. The summed E-state index contributed by atoms with van der Waals surface area (Å²) in [5, 5.41) is 10.0. The van der Waals surface area contributed by atoms with Crippen LogP contribution in [0.15, 0.2) is 66.7 Å². The summed E-state index contributed by atoms with van der Waals surface area (Å²) in [6.45, 7) is 0. The van der Waals surface area contributed by atoms with E-state index in [1.165, 1.54) is 6.07 Å². The summed E-state index contributed by atoms with van der Waals surface area (Å²) in [6.07, 6.45) is 0. The molecule has 0 amide bonds. The van der Waals surface area contributed by atoms with Crippen molar-refractivity contribution in [1.29, 1.82) is 0 Å². The minimum absolute atomic E-state index is 0.156. The van der Waals surface area contributed by atoms with Crippen molar-refractivity contribution in [2.75, 3.05) is 0 Å². The van der Waals surface area contributed by atoms with Gasteiger partial charge >= 0.3 is 0 Å². The average Bonchev–Trinajstić information content (AvgIpc) is 2.49. The number of rotatable bonds is 2. The Morgan fingerprint density at radius 1 is 0.762 bits per heavy atom. The molecule has 0 atom stereocenters. The van der Waals surface area contributed by atoms with Crippen LogP contribution >= 0.6 is 11.6 Å². The fraction of sp³-hybridized carbons (Fsp3) is 0. The van der Waals surface area contributed by atoms with Gasteiger partial charge in [-0.05, 0) is 47.0 Å². The number of phenolic OH excluding ortho intramolecular Hbond substituents is 1. The molecule has 21 heavy (non-hydrogen) atoms. The first-order valence-electron chi connectivity index (χ1n) is 6.49. The second kappa shape index (κ2) is 5.58. The largest absolute Gasteiger partial charge is 0.508 e. The van der Waals surface area contributed by atoms with Gasteiger partial charge in [-0.1, -0.05) is 48.0 Å². The molecule has 0 saturated carbocycles. The minimum Gasteiger partial charge on any atom is -0.508 e. The van der Waals surface area contributed by atoms with Crippen molar-refractivity contribution in [3.63, 3.8) is 0 Å². The van der Waals surface area contributed by atoms with E-state index >= 15 is 0 Å². The van der Waals surface area contributed by atoms with Crippen LogP contribution in [-0.2, 0) is 0 Å². The molecule has 0 fully saturated rings. The molecule has 0 radical (unpaired) electrons. The Kier molecular flexibility index (Phi) is 3.63. The molecule has 104 valence electrons. The number of hydrogen-bond donors (Lipinski definition) is 1. The minimum atomic E-state index is -0.298. The van der Waals surface area contributed by atoms with Crippen LogP contribution in [0.4, 0.5) is 4.39 Å². The van der Waals surface area contributed by atoms with Crippen LogP contribution in [0.3, 0.4) is 0 Å². The van der Waals surface area contributed by atoms with Gasteiger partial charge in [0, 0.05) is 10.6 Å². The van der Waals surface area contributed by atoms with Crippen molar-refractivity contribution >= 4 is 11.6 Å². The highest BCUT2D eigenvalue weighted by Gasteiger charge is 2.12. The van der Waals surface area contributed by atoms with Gasteiger partial charge in [-0.25, -0.2) is 4.39 Å². The third kappa shape index (κ3) is 2.76. The lowest BCUT2D eigenvalue weighted by atomic mass is 9.94. The van der Waals surface area contributed by atoms with Gasteiger partial charge in [-0.3, -0.25) is 0 Å². The highest BCUT2D eigenvalue weighted by molar-refractivity contribution is 6.30. The van der Waals surface area contributed by atoms with Crippen LogP contribution in [0.1, 0.15) is 0 Å². The first-order valence-corrected chi connectivity index (χ1v) is 6.87. The van der Waals surface area contributed by atoms with E-state index in [0.717, 1.165) is 16.7 Å². The van der Waals surface area contributed by atoms with Crippen LogP contribution in [-0.4, -0.2) is 5.11 Å². The first-order chi connectivity index (χ1) is 10.1. The normalized spacial score (nSPS) is 10.6. The van der Waals surface area contributed by atoms with E-state index in [0.29, 0.717) is 10.6 Å². The molecule has 0 aliphatic carbocycles. The Bertz CT molecular complexity index is 764. The van der Waals surface area contributed by atoms with E-state index in [2.05, 4.69) is 0 Å². The van der Waals surface area contributed by atoms with Crippen molar-refractivity contribution < 1.29 is 9.50 Å². The molecule has 3 aromatic rings. The predicted molar refractivity (Wildman–Crippen MR) is 83.9 cm³/mol. The summed E-state index contributed by atoms with van der Waals surface area (Å²) < 4.78 is 14.3. The highest BCUT2D eigenvalue weighted by Crippen LogP contribution is 2.35. The van der Waals surface area contributed by atoms with E-state index in [1.807, 2.05) is 18.2 Å². The molecular formula is C18H12ClFO. The van der Waals surface area contributed by atoms with Crippen molar-refractivity contribution in [1.82, 2.24) is 0 Å². The van der Waals surface area contributed by atoms with Gasteiger partial charge in [0.05, 0.1) is 0 Å². The van der Waals surface area contributed by atoms with E-state index < -0.39 is 0 Å². The third-order valence-corrected chi connectivity index (χ3v) is 3.58. The summed E-state index contributed by atoms with van der Waals surface area (Å²) in [5.41, 5.74) is 2.91. The quantitative estimate of drug-likeness (QED) is 0.660. The average molecular weight is 299 g/mol. The Hall–Kier alpha value is -2.32. The van der Waals surface area contributed by atoms with Gasteiger partial charge in [0.1, 0.15) is 11.6 Å². The summed E-state index contributed by atoms with van der Waals surface area (Å²) in [6, 6.07) is 18.8. The van der Waals surface area contributed by atoms with Gasteiger partial charge in [0.2, 0.25) is 0 Å². The Morgan fingerprint density at radius 2 is 1.38 bits per heavy atom. The van der Waals surface area contributed by atoms with E-state index in [9.17, 15) is 9.50 Å². The fourth-order valence-corrected chi connectivity index (χ4v) is 2.44. The first kappa shape index (κ1) is 13.7. The van der Waals surface area contributed by atoms with Crippen LogP contribution < -0.4 is 0 Å². The molecule has 3 rings (SSSR count). The zero-order valence-electron chi connectivity index (χ0n) is 11.1. The number of halogens is 2. The molecule has 0 heterocycles. The van der Waals surface area contributed by atoms with Gasteiger partial charge in [0.15, 0.2) is 0 Å². The summed E-state index contributed by atoms with van der Waals surface area (Å²) >= 11 is 5.90. The fourth-order valence-electron chi connectivity index (χ4n) is 2.32. The SMILES string of the molecule is Oc1ccc(-c2c(F)cccc2-c2ccc(Cl)cc2)cc1. The molecule has 1 nitrogen and oxygen atoms in total. The maximum atomic E-state index is 14.3. The summed E-state index contributed by atoms with van der Waals surface area (Å²) in [5.74, 6) is -0.142. The molecular weight excluding hydrogens is 287 g/mol. The van der Waals surface area contributed by atoms with Crippen LogP contribution in [0.5, 0.6) is 5.75 Å². The van der Waals surface area contributed by atoms with E-state index in [-0.39, 0.29) is 11.6 Å². The van der Waals surface area contributed by atoms with Crippen LogP contribution in [0.2, 0.25) is 5.02 Å². The standard InChI is InChI=1S/C18H12ClFO/c19-14-8-4-12(5-9-14)16-2-1-3-17(20)18(16)13-6-10-15(21)11-7-13/h1-11,21H. The summed E-state index contributed by atoms with van der Waals surface area (Å²) in [4.78, 5) is 0. The van der Waals surface area contributed by atoms with Gasteiger partial charge < -0.3 is 5.11 Å². The van der Waals surface area contributed by atoms with E-state index in [4.69, 9.17) is 11.6 Å². The molecule has 1 N–H and O–H groups in total. The zero-order chi connectivity index (χ0) is 14.8. The molecule has 0 unspecified atom stereocenters. The monoisotopic (exact) mass is 298 g/mol. The number of aromatic hydroxyl groups is 1. The molecule has 0 aromatic heterocycles. The summed E-state index contributed by atoms with van der Waals surface area (Å²) in [7, 11) is 0. The van der Waals surface area contributed by atoms with Crippen molar-refractivity contribution in [2.24, 2.45) is 0 Å². The molecule has 0 spiro atoms. The van der Waals surface area contributed by atoms with Crippen molar-refractivity contribution in [3.05, 3.63) is 77.6 Å². The van der Waals surface area contributed by atoms with Gasteiger partial charge in [0.25, 0.3) is 0 Å². The lowest BCUT2D eigenvalue weighted by Gasteiger charge is -2.11. The Labute approximate surface area is 127 Å². The number of benzene rings is 3. The molecule has 0 aliphatic heterocycles. The molecule has 3 aromatic carbocycles. The van der Waals surface area contributed by atoms with E-state index in [1.54, 1.807) is 42.5 Å². The smallest absolute Gasteiger partial charge is 0.131 e. The van der Waals surface area contributed by atoms with Crippen molar-refractivity contribution in [3.8, 4) is 28.0 Å². The van der Waals surface area contributed by atoms with Crippen LogP contribution in [0, 0.1) is 5.82 Å². The van der Waals surface area contributed by atoms with Gasteiger partial charge in [-0.2, -0.15) is 0 Å². The number of hydrogen-bond acceptors (Lipinski definition) is 1. The topological polar surface area (TPSA) is 20.2 Å². The molecule has 0 saturated heterocycles. The zero-order valence-corrected chi connectivity index (χ0v) is 11.8. The lowest BCUT2D eigenvalue weighted by molar-refractivity contribution is 0.475. The third-order valence-electron chi connectivity index (χ3n) is 3.32. The number of phenols is 1. The lowest BCUT2D eigenvalue weighted by Crippen LogP contribution is -1.89. The van der Waals surface area contributed by atoms with Gasteiger partial charge in [-0.15, -0.1) is 0 Å². The highest BCUT2D eigenvalue weighted by atomic mass is 35.5. The Morgan fingerprint density at radius 3 is 2.05 bits per heavy atom. The molecule has 3 heteroatoms. The molecule has 0 aliphatic rings. The maximum absolute atomic E-state index is 14.3. The van der Waals surface area contributed by atoms with Crippen LogP contribution in [0.25, 0.3) is 22.3 Å². The second-order valence-electron chi connectivity index (χ2n) is 4.72. The predicted octanol–water partition coefficient (Wildman–Crippen LogP) is 5.52. The van der Waals surface area contributed by atoms with Crippen molar-refractivity contribution in [2.45, 2.75) is 0 Å². The maximum Gasteiger partial charge on any atom is 0.131 e. The Balaban J connectivity index is 2.20. The molecule has 0 bridgehead atoms.